The first kappa shape index (κ1) is 16.9. The predicted octanol–water partition coefficient (Wildman–Crippen LogP) is 2.41. The molecule has 1 aromatic heterocycles. The van der Waals surface area contributed by atoms with E-state index in [1.54, 1.807) is 6.07 Å². The van der Waals surface area contributed by atoms with Crippen LogP contribution in [0, 0.1) is 12.7 Å². The van der Waals surface area contributed by atoms with Gasteiger partial charge in [0.1, 0.15) is 11.5 Å². The Kier molecular flexibility index (Phi) is 5.16. The highest BCUT2D eigenvalue weighted by Gasteiger charge is 2.22. The topological polar surface area (TPSA) is 48.6 Å². The van der Waals surface area contributed by atoms with Gasteiger partial charge in [0, 0.05) is 38.1 Å². The minimum Gasteiger partial charge on any atom is -0.379 e. The summed E-state index contributed by atoms with van der Waals surface area (Å²) in [6.45, 7) is 9.26. The number of amides is 1. The molecule has 1 fully saturated rings. The molecule has 1 N–H and O–H groups in total. The van der Waals surface area contributed by atoms with Gasteiger partial charge in [0.2, 0.25) is 0 Å². The fourth-order valence-electron chi connectivity index (χ4n) is 3.18. The summed E-state index contributed by atoms with van der Waals surface area (Å²) in [6, 6.07) is 4.91. The van der Waals surface area contributed by atoms with Crippen LogP contribution >= 0.6 is 0 Å². The van der Waals surface area contributed by atoms with Crippen molar-refractivity contribution < 1.29 is 13.9 Å². The number of nitrogens with one attached hydrogen (secondary N) is 1. The van der Waals surface area contributed by atoms with Crippen molar-refractivity contribution >= 4 is 16.8 Å². The van der Waals surface area contributed by atoms with E-state index in [4.69, 9.17) is 4.74 Å². The van der Waals surface area contributed by atoms with Gasteiger partial charge >= 0.3 is 0 Å². The van der Waals surface area contributed by atoms with Crippen LogP contribution in [0.1, 0.15) is 23.0 Å². The van der Waals surface area contributed by atoms with E-state index in [0.717, 1.165) is 43.8 Å². The Bertz CT molecular complexity index is 722. The van der Waals surface area contributed by atoms with E-state index in [1.807, 2.05) is 24.8 Å². The molecule has 3 rings (SSSR count). The van der Waals surface area contributed by atoms with Crippen LogP contribution in [0.15, 0.2) is 18.2 Å². The first-order valence-electron chi connectivity index (χ1n) is 8.48. The smallest absolute Gasteiger partial charge is 0.270 e. The number of para-hydroxylation sites is 1. The Hall–Kier alpha value is -1.92. The number of aromatic nitrogens is 1. The number of carbonyl (C=O) groups excluding carboxylic acids is 1. The molecule has 0 unspecified atom stereocenters. The zero-order valence-electron chi connectivity index (χ0n) is 14.3. The molecule has 1 aliphatic heterocycles. The highest BCUT2D eigenvalue weighted by molar-refractivity contribution is 6.01. The SMILES string of the molecule is CCN(CCN1CCOCC1)C(=O)c1[nH]c2c(F)cccc2c1C. The molecule has 0 atom stereocenters. The van der Waals surface area contributed by atoms with Gasteiger partial charge in [-0.05, 0) is 25.5 Å². The van der Waals surface area contributed by atoms with Crippen molar-refractivity contribution in [1.82, 2.24) is 14.8 Å². The number of benzene rings is 1. The number of aryl methyl sites for hydroxylation is 1. The van der Waals surface area contributed by atoms with Gasteiger partial charge in [-0.3, -0.25) is 9.69 Å². The lowest BCUT2D eigenvalue weighted by Gasteiger charge is -2.29. The third-order valence-electron chi connectivity index (χ3n) is 4.72. The van der Waals surface area contributed by atoms with Crippen LogP contribution in [0.5, 0.6) is 0 Å². The summed E-state index contributed by atoms with van der Waals surface area (Å²) in [5, 5.41) is 0.766. The largest absolute Gasteiger partial charge is 0.379 e. The minimum atomic E-state index is -0.328. The minimum absolute atomic E-state index is 0.0705. The normalized spacial score (nSPS) is 15.8. The molecule has 0 radical (unpaired) electrons. The van der Waals surface area contributed by atoms with Crippen molar-refractivity contribution in [1.29, 1.82) is 0 Å². The van der Waals surface area contributed by atoms with E-state index in [2.05, 4.69) is 9.88 Å². The molecule has 0 aliphatic carbocycles. The molecule has 5 nitrogen and oxygen atoms in total. The molecule has 130 valence electrons. The maximum atomic E-state index is 13.9. The van der Waals surface area contributed by atoms with Crippen LogP contribution in [0.25, 0.3) is 10.9 Å². The van der Waals surface area contributed by atoms with Crippen molar-refractivity contribution in [2.45, 2.75) is 13.8 Å². The summed E-state index contributed by atoms with van der Waals surface area (Å²) < 4.78 is 19.3. The maximum absolute atomic E-state index is 13.9. The van der Waals surface area contributed by atoms with E-state index in [-0.39, 0.29) is 11.7 Å². The summed E-state index contributed by atoms with van der Waals surface area (Å²) >= 11 is 0. The summed E-state index contributed by atoms with van der Waals surface area (Å²) in [6.07, 6.45) is 0. The lowest BCUT2D eigenvalue weighted by atomic mass is 10.1. The van der Waals surface area contributed by atoms with E-state index in [1.165, 1.54) is 6.07 Å². The van der Waals surface area contributed by atoms with Crippen molar-refractivity contribution in [3.05, 3.63) is 35.3 Å². The van der Waals surface area contributed by atoms with Crippen LogP contribution in [-0.4, -0.2) is 66.6 Å². The average molecular weight is 333 g/mol. The highest BCUT2D eigenvalue weighted by Crippen LogP contribution is 2.24. The van der Waals surface area contributed by atoms with Crippen LogP contribution < -0.4 is 0 Å². The number of morpholine rings is 1. The lowest BCUT2D eigenvalue weighted by Crippen LogP contribution is -2.43. The Morgan fingerprint density at radius 2 is 2.12 bits per heavy atom. The summed E-state index contributed by atoms with van der Waals surface area (Å²) in [4.78, 5) is 20.0. The Morgan fingerprint density at radius 1 is 1.38 bits per heavy atom. The molecular weight excluding hydrogens is 309 g/mol. The quantitative estimate of drug-likeness (QED) is 0.914. The van der Waals surface area contributed by atoms with Gasteiger partial charge in [-0.2, -0.15) is 0 Å². The van der Waals surface area contributed by atoms with Crippen molar-refractivity contribution in [3.8, 4) is 0 Å². The second-order valence-electron chi connectivity index (χ2n) is 6.13. The summed E-state index contributed by atoms with van der Waals surface area (Å²) in [5.74, 6) is -0.398. The summed E-state index contributed by atoms with van der Waals surface area (Å²) in [7, 11) is 0. The molecule has 6 heteroatoms. The van der Waals surface area contributed by atoms with Gasteiger partial charge in [0.05, 0.1) is 18.7 Å². The number of carbonyl (C=O) groups is 1. The number of ether oxygens (including phenoxy) is 1. The third kappa shape index (κ3) is 3.30. The fraction of sp³-hybridized carbons (Fsp3) is 0.500. The number of aromatic amines is 1. The highest BCUT2D eigenvalue weighted by atomic mass is 19.1. The van der Waals surface area contributed by atoms with Crippen LogP contribution in [0.3, 0.4) is 0 Å². The first-order chi connectivity index (χ1) is 11.6. The zero-order valence-corrected chi connectivity index (χ0v) is 14.3. The Morgan fingerprint density at radius 3 is 2.79 bits per heavy atom. The molecule has 0 spiro atoms. The van der Waals surface area contributed by atoms with Crippen LogP contribution in [0.4, 0.5) is 4.39 Å². The Labute approximate surface area is 141 Å². The molecule has 0 saturated carbocycles. The van der Waals surface area contributed by atoms with Gasteiger partial charge in [-0.25, -0.2) is 4.39 Å². The second kappa shape index (κ2) is 7.32. The number of halogens is 1. The standard InChI is InChI=1S/C18H24FN3O2/c1-3-22(8-7-21-9-11-24-12-10-21)18(23)16-13(2)14-5-4-6-15(19)17(14)20-16/h4-6,20H,3,7-12H2,1-2H3. The molecule has 2 heterocycles. The van der Waals surface area contributed by atoms with E-state index in [0.29, 0.717) is 24.3 Å². The summed E-state index contributed by atoms with van der Waals surface area (Å²) in [5.41, 5.74) is 1.70. The number of hydrogen-bond acceptors (Lipinski definition) is 3. The van der Waals surface area contributed by atoms with Crippen LogP contribution in [0.2, 0.25) is 0 Å². The molecular formula is C18H24FN3O2. The molecule has 0 bridgehead atoms. The number of hydrogen-bond donors (Lipinski definition) is 1. The number of likely N-dealkylation sites (N-methyl/N-ethyl adjacent to an activating group) is 1. The maximum Gasteiger partial charge on any atom is 0.270 e. The molecule has 1 saturated heterocycles. The van der Waals surface area contributed by atoms with E-state index >= 15 is 0 Å². The van der Waals surface area contributed by atoms with E-state index in [9.17, 15) is 9.18 Å². The number of fused-ring (bicyclic) bond motifs is 1. The second-order valence-corrected chi connectivity index (χ2v) is 6.13. The number of rotatable bonds is 5. The molecule has 1 amide bonds. The van der Waals surface area contributed by atoms with Crippen LogP contribution in [-0.2, 0) is 4.74 Å². The van der Waals surface area contributed by atoms with Gasteiger partial charge < -0.3 is 14.6 Å². The van der Waals surface area contributed by atoms with E-state index < -0.39 is 0 Å². The van der Waals surface area contributed by atoms with Gasteiger partial charge in [-0.15, -0.1) is 0 Å². The fourth-order valence-corrected chi connectivity index (χ4v) is 3.18. The average Bonchev–Trinajstić information content (AvgIpc) is 2.95. The third-order valence-corrected chi connectivity index (χ3v) is 4.72. The molecule has 1 aliphatic rings. The van der Waals surface area contributed by atoms with Crippen molar-refractivity contribution in [2.24, 2.45) is 0 Å². The van der Waals surface area contributed by atoms with Gasteiger partial charge in [-0.1, -0.05) is 12.1 Å². The zero-order chi connectivity index (χ0) is 17.1. The number of nitrogens with zero attached hydrogens (tertiary/aromatic N) is 2. The molecule has 2 aromatic rings. The predicted molar refractivity (Wildman–Crippen MR) is 91.8 cm³/mol. The Balaban J connectivity index is 1.76. The molecule has 24 heavy (non-hydrogen) atoms. The van der Waals surface area contributed by atoms with Crippen molar-refractivity contribution in [2.75, 3.05) is 45.9 Å². The first-order valence-corrected chi connectivity index (χ1v) is 8.48. The lowest BCUT2D eigenvalue weighted by molar-refractivity contribution is 0.0327. The van der Waals surface area contributed by atoms with Gasteiger partial charge in [0.25, 0.3) is 5.91 Å². The van der Waals surface area contributed by atoms with Crippen molar-refractivity contribution in [3.63, 3.8) is 0 Å². The van der Waals surface area contributed by atoms with Gasteiger partial charge in [0.15, 0.2) is 0 Å². The number of H-pyrrole nitrogens is 1. The molecule has 1 aromatic carbocycles. The monoisotopic (exact) mass is 333 g/mol.